The maximum absolute atomic E-state index is 12.0. The highest BCUT2D eigenvalue weighted by molar-refractivity contribution is 5.92. The first-order chi connectivity index (χ1) is 10.6. The molecule has 2 amide bonds. The maximum atomic E-state index is 12.0. The summed E-state index contributed by atoms with van der Waals surface area (Å²) in [6.07, 6.45) is 1.34. The number of nitrogens with two attached hydrogens (primary N) is 1. The van der Waals surface area contributed by atoms with Gasteiger partial charge in [-0.3, -0.25) is 9.59 Å². The molecule has 1 aromatic carbocycles. The van der Waals surface area contributed by atoms with Crippen LogP contribution in [0.4, 0.5) is 0 Å². The van der Waals surface area contributed by atoms with Crippen molar-refractivity contribution in [3.63, 3.8) is 0 Å². The summed E-state index contributed by atoms with van der Waals surface area (Å²) in [6.45, 7) is 2.56. The Bertz CT molecular complexity index is 509. The highest BCUT2D eigenvalue weighted by Crippen LogP contribution is 2.14. The van der Waals surface area contributed by atoms with E-state index in [1.165, 1.54) is 0 Å². The van der Waals surface area contributed by atoms with Crippen molar-refractivity contribution in [3.05, 3.63) is 29.8 Å². The minimum absolute atomic E-state index is 0.0562. The third kappa shape index (κ3) is 4.73. The number of benzene rings is 1. The molecule has 0 bridgehead atoms. The van der Waals surface area contributed by atoms with Crippen LogP contribution < -0.4 is 10.5 Å². The first kappa shape index (κ1) is 16.3. The fourth-order valence-corrected chi connectivity index (χ4v) is 2.38. The fourth-order valence-electron chi connectivity index (χ4n) is 2.38. The van der Waals surface area contributed by atoms with Crippen molar-refractivity contribution in [2.45, 2.75) is 12.8 Å². The van der Waals surface area contributed by atoms with Crippen LogP contribution in [0.3, 0.4) is 0 Å². The van der Waals surface area contributed by atoms with Crippen LogP contribution in [0.15, 0.2) is 24.3 Å². The zero-order valence-electron chi connectivity index (χ0n) is 12.8. The van der Waals surface area contributed by atoms with Crippen LogP contribution in [0.25, 0.3) is 0 Å². The van der Waals surface area contributed by atoms with Gasteiger partial charge in [0.15, 0.2) is 0 Å². The molecule has 2 rings (SSSR count). The van der Waals surface area contributed by atoms with Gasteiger partial charge in [0.2, 0.25) is 11.8 Å². The van der Waals surface area contributed by atoms with Gasteiger partial charge in [-0.1, -0.05) is 0 Å². The van der Waals surface area contributed by atoms with Crippen molar-refractivity contribution < 1.29 is 19.1 Å². The number of rotatable bonds is 7. The van der Waals surface area contributed by atoms with Crippen LogP contribution in [0.2, 0.25) is 0 Å². The zero-order valence-corrected chi connectivity index (χ0v) is 12.8. The maximum Gasteiger partial charge on any atom is 0.248 e. The molecular weight excluding hydrogens is 284 g/mol. The average Bonchev–Trinajstić information content (AvgIpc) is 3.00. The lowest BCUT2D eigenvalue weighted by atomic mass is 10.1. The van der Waals surface area contributed by atoms with E-state index in [0.717, 1.165) is 26.2 Å². The van der Waals surface area contributed by atoms with E-state index in [-0.39, 0.29) is 5.91 Å². The van der Waals surface area contributed by atoms with E-state index in [1.807, 2.05) is 7.05 Å². The van der Waals surface area contributed by atoms with Crippen molar-refractivity contribution in [2.75, 3.05) is 33.4 Å². The van der Waals surface area contributed by atoms with Gasteiger partial charge in [-0.05, 0) is 30.7 Å². The molecule has 0 unspecified atom stereocenters. The second kappa shape index (κ2) is 7.79. The highest BCUT2D eigenvalue weighted by atomic mass is 16.5. The predicted molar refractivity (Wildman–Crippen MR) is 81.6 cm³/mol. The first-order valence-corrected chi connectivity index (χ1v) is 7.40. The van der Waals surface area contributed by atoms with Gasteiger partial charge in [0.25, 0.3) is 0 Å². The van der Waals surface area contributed by atoms with E-state index in [2.05, 4.69) is 0 Å². The summed E-state index contributed by atoms with van der Waals surface area (Å²) in [5.41, 5.74) is 5.60. The van der Waals surface area contributed by atoms with Gasteiger partial charge < -0.3 is 20.1 Å². The Balaban J connectivity index is 1.70. The van der Waals surface area contributed by atoms with Crippen molar-refractivity contribution >= 4 is 11.8 Å². The van der Waals surface area contributed by atoms with Crippen LogP contribution >= 0.6 is 0 Å². The van der Waals surface area contributed by atoms with Crippen molar-refractivity contribution in [1.82, 2.24) is 4.90 Å². The largest absolute Gasteiger partial charge is 0.493 e. The lowest BCUT2D eigenvalue weighted by Gasteiger charge is -2.20. The summed E-state index contributed by atoms with van der Waals surface area (Å²) in [6, 6.07) is 6.55. The Hall–Kier alpha value is -2.08. The summed E-state index contributed by atoms with van der Waals surface area (Å²) >= 11 is 0. The molecule has 120 valence electrons. The van der Waals surface area contributed by atoms with Crippen molar-refractivity contribution in [2.24, 2.45) is 11.7 Å². The molecular formula is C16H22N2O4. The smallest absolute Gasteiger partial charge is 0.248 e. The van der Waals surface area contributed by atoms with E-state index in [0.29, 0.717) is 30.3 Å². The minimum Gasteiger partial charge on any atom is -0.493 e. The molecule has 1 atom stereocenters. The molecule has 0 saturated carbocycles. The lowest BCUT2D eigenvalue weighted by molar-refractivity contribution is -0.131. The van der Waals surface area contributed by atoms with Crippen molar-refractivity contribution in [3.8, 4) is 5.75 Å². The van der Waals surface area contributed by atoms with Crippen LogP contribution in [-0.2, 0) is 9.53 Å². The monoisotopic (exact) mass is 306 g/mol. The van der Waals surface area contributed by atoms with Crippen LogP contribution in [0.1, 0.15) is 23.2 Å². The normalized spacial score (nSPS) is 17.2. The van der Waals surface area contributed by atoms with Gasteiger partial charge in [0.05, 0.1) is 19.6 Å². The summed E-state index contributed by atoms with van der Waals surface area (Å²) in [7, 11) is 1.81. The number of carbonyl (C=O) groups is 2. The van der Waals surface area contributed by atoms with E-state index in [9.17, 15) is 9.59 Å². The Morgan fingerprint density at radius 2 is 2.09 bits per heavy atom. The SMILES string of the molecule is CN(C[C@H]1CCOC1)C(=O)CCOc1ccc(C(N)=O)cc1. The number of carbonyl (C=O) groups excluding carboxylic acids is 2. The molecule has 0 aliphatic carbocycles. The number of ether oxygens (including phenoxy) is 2. The number of nitrogens with zero attached hydrogens (tertiary/aromatic N) is 1. The van der Waals surface area contributed by atoms with Gasteiger partial charge >= 0.3 is 0 Å². The molecule has 6 heteroatoms. The van der Waals surface area contributed by atoms with E-state index in [4.69, 9.17) is 15.2 Å². The molecule has 2 N–H and O–H groups in total. The molecule has 22 heavy (non-hydrogen) atoms. The van der Waals surface area contributed by atoms with Crippen LogP contribution in [0, 0.1) is 5.92 Å². The Morgan fingerprint density at radius 3 is 2.68 bits per heavy atom. The quantitative estimate of drug-likeness (QED) is 0.816. The Morgan fingerprint density at radius 1 is 1.36 bits per heavy atom. The number of hydrogen-bond acceptors (Lipinski definition) is 4. The van der Waals surface area contributed by atoms with Gasteiger partial charge in [0, 0.05) is 31.7 Å². The van der Waals surface area contributed by atoms with Gasteiger partial charge in [0.1, 0.15) is 5.75 Å². The fraction of sp³-hybridized carbons (Fsp3) is 0.500. The lowest BCUT2D eigenvalue weighted by Crippen LogP contribution is -2.32. The minimum atomic E-state index is -0.473. The molecule has 1 fully saturated rings. The van der Waals surface area contributed by atoms with Crippen LogP contribution in [-0.4, -0.2) is 50.1 Å². The molecule has 1 heterocycles. The molecule has 0 spiro atoms. The van der Waals surface area contributed by atoms with Gasteiger partial charge in [-0.15, -0.1) is 0 Å². The molecule has 0 radical (unpaired) electrons. The second-order valence-corrected chi connectivity index (χ2v) is 5.49. The molecule has 1 saturated heterocycles. The summed E-state index contributed by atoms with van der Waals surface area (Å²) < 4.78 is 10.8. The number of hydrogen-bond donors (Lipinski definition) is 1. The number of amides is 2. The molecule has 0 aromatic heterocycles. The standard InChI is InChI=1S/C16H22N2O4/c1-18(10-12-6-8-21-11-12)15(19)7-9-22-14-4-2-13(3-5-14)16(17)20/h2-5,12H,6-11H2,1H3,(H2,17,20)/t12-/m1/s1. The molecule has 1 aliphatic rings. The summed E-state index contributed by atoms with van der Waals surface area (Å²) in [4.78, 5) is 24.7. The van der Waals surface area contributed by atoms with Crippen LogP contribution in [0.5, 0.6) is 5.75 Å². The van der Waals surface area contributed by atoms with Crippen molar-refractivity contribution in [1.29, 1.82) is 0 Å². The topological polar surface area (TPSA) is 81.9 Å². The Labute approximate surface area is 130 Å². The predicted octanol–water partition coefficient (Wildman–Crippen LogP) is 1.05. The molecule has 1 aliphatic heterocycles. The second-order valence-electron chi connectivity index (χ2n) is 5.49. The first-order valence-electron chi connectivity index (χ1n) is 7.40. The van der Waals surface area contributed by atoms with E-state index >= 15 is 0 Å². The van der Waals surface area contributed by atoms with E-state index in [1.54, 1.807) is 29.2 Å². The van der Waals surface area contributed by atoms with Gasteiger partial charge in [-0.25, -0.2) is 0 Å². The number of primary amides is 1. The summed E-state index contributed by atoms with van der Waals surface area (Å²) in [5.74, 6) is 0.640. The third-order valence-corrected chi connectivity index (χ3v) is 3.71. The zero-order chi connectivity index (χ0) is 15.9. The van der Waals surface area contributed by atoms with Gasteiger partial charge in [-0.2, -0.15) is 0 Å². The van der Waals surface area contributed by atoms with E-state index < -0.39 is 5.91 Å². The molecule has 1 aromatic rings. The highest BCUT2D eigenvalue weighted by Gasteiger charge is 2.19. The summed E-state index contributed by atoms with van der Waals surface area (Å²) in [5, 5.41) is 0. The Kier molecular flexibility index (Phi) is 5.77. The molecule has 6 nitrogen and oxygen atoms in total. The average molecular weight is 306 g/mol. The third-order valence-electron chi connectivity index (χ3n) is 3.71.